The first kappa shape index (κ1) is 17.0. The van der Waals surface area contributed by atoms with Crippen LogP contribution in [0.5, 0.6) is 0 Å². The Morgan fingerprint density at radius 1 is 1.12 bits per heavy atom. The first-order chi connectivity index (χ1) is 11.3. The van der Waals surface area contributed by atoms with Gasteiger partial charge in [-0.25, -0.2) is 0 Å². The maximum Gasteiger partial charge on any atom is 0.229 e. The highest BCUT2D eigenvalue weighted by Crippen LogP contribution is 2.30. The van der Waals surface area contributed by atoms with E-state index in [9.17, 15) is 9.59 Å². The van der Waals surface area contributed by atoms with Gasteiger partial charge in [0.25, 0.3) is 0 Å². The summed E-state index contributed by atoms with van der Waals surface area (Å²) in [5, 5.41) is 2.98. The minimum Gasteiger partial charge on any atom is -0.339 e. The van der Waals surface area contributed by atoms with Crippen LogP contribution >= 0.6 is 0 Å². The lowest BCUT2D eigenvalue weighted by Gasteiger charge is -2.24. The van der Waals surface area contributed by atoms with Crippen LogP contribution in [-0.2, 0) is 15.0 Å². The van der Waals surface area contributed by atoms with E-state index in [1.807, 2.05) is 17.0 Å². The molecule has 1 saturated carbocycles. The summed E-state index contributed by atoms with van der Waals surface area (Å²) in [5.74, 6) is -0.113. The van der Waals surface area contributed by atoms with Crippen molar-refractivity contribution >= 4 is 17.5 Å². The van der Waals surface area contributed by atoms with E-state index in [-0.39, 0.29) is 23.1 Å². The molecule has 2 fully saturated rings. The van der Waals surface area contributed by atoms with Gasteiger partial charge in [0, 0.05) is 24.7 Å². The number of benzene rings is 1. The summed E-state index contributed by atoms with van der Waals surface area (Å²) < 4.78 is 0. The minimum atomic E-state index is -0.222. The van der Waals surface area contributed by atoms with Crippen LogP contribution in [0.25, 0.3) is 0 Å². The van der Waals surface area contributed by atoms with Crippen molar-refractivity contribution in [1.29, 1.82) is 0 Å². The molecule has 0 bridgehead atoms. The summed E-state index contributed by atoms with van der Waals surface area (Å²) in [5.41, 5.74) is 2.14. The Kier molecular flexibility index (Phi) is 4.66. The number of likely N-dealkylation sites (tertiary alicyclic amines) is 1. The second-order valence-electron chi connectivity index (χ2n) is 8.20. The summed E-state index contributed by atoms with van der Waals surface area (Å²) in [6.07, 6.45) is 4.93. The SMILES string of the molecule is CC(C)(C)c1ccc(NC(=O)[C@H]2CC(=O)N(C3CCCC3)C2)cc1. The van der Waals surface area contributed by atoms with Crippen LogP contribution in [0.1, 0.15) is 58.4 Å². The van der Waals surface area contributed by atoms with E-state index in [1.165, 1.54) is 18.4 Å². The first-order valence-electron chi connectivity index (χ1n) is 9.05. The zero-order valence-corrected chi connectivity index (χ0v) is 15.0. The van der Waals surface area contributed by atoms with Gasteiger partial charge in [-0.3, -0.25) is 9.59 Å². The Hall–Kier alpha value is -1.84. The molecule has 2 aliphatic rings. The maximum atomic E-state index is 12.5. The van der Waals surface area contributed by atoms with E-state index in [0.29, 0.717) is 19.0 Å². The van der Waals surface area contributed by atoms with Gasteiger partial charge >= 0.3 is 0 Å². The van der Waals surface area contributed by atoms with Crippen LogP contribution in [0.2, 0.25) is 0 Å². The van der Waals surface area contributed by atoms with Gasteiger partial charge in [0.05, 0.1) is 5.92 Å². The second-order valence-corrected chi connectivity index (χ2v) is 8.20. The van der Waals surface area contributed by atoms with Crippen molar-refractivity contribution in [3.05, 3.63) is 29.8 Å². The average Bonchev–Trinajstić information content (AvgIpc) is 3.16. The minimum absolute atomic E-state index is 0.0349. The molecule has 0 aromatic heterocycles. The molecule has 1 aliphatic heterocycles. The van der Waals surface area contributed by atoms with Crippen LogP contribution in [0.4, 0.5) is 5.69 Å². The third-order valence-electron chi connectivity index (χ3n) is 5.31. The van der Waals surface area contributed by atoms with Gasteiger partial charge in [-0.05, 0) is 36.0 Å². The molecule has 24 heavy (non-hydrogen) atoms. The molecule has 1 aliphatic carbocycles. The van der Waals surface area contributed by atoms with Crippen molar-refractivity contribution in [1.82, 2.24) is 4.90 Å². The van der Waals surface area contributed by atoms with Crippen LogP contribution in [0.3, 0.4) is 0 Å². The Morgan fingerprint density at radius 3 is 2.33 bits per heavy atom. The predicted molar refractivity (Wildman–Crippen MR) is 95.8 cm³/mol. The number of carbonyl (C=O) groups excluding carboxylic acids is 2. The van der Waals surface area contributed by atoms with Crippen LogP contribution in [-0.4, -0.2) is 29.3 Å². The van der Waals surface area contributed by atoms with Crippen LogP contribution in [0, 0.1) is 5.92 Å². The standard InChI is InChI=1S/C20H28N2O2/c1-20(2,3)15-8-10-16(11-9-15)21-19(24)14-12-18(23)22(13-14)17-6-4-5-7-17/h8-11,14,17H,4-7,12-13H2,1-3H3,(H,21,24)/t14-/m0/s1. The molecule has 4 nitrogen and oxygen atoms in total. The molecule has 3 rings (SSSR count). The van der Waals surface area contributed by atoms with Gasteiger partial charge in [0.2, 0.25) is 11.8 Å². The molecule has 0 unspecified atom stereocenters. The predicted octanol–water partition coefficient (Wildman–Crippen LogP) is 3.71. The fourth-order valence-corrected chi connectivity index (χ4v) is 3.77. The quantitative estimate of drug-likeness (QED) is 0.919. The topological polar surface area (TPSA) is 49.4 Å². The number of hydrogen-bond acceptors (Lipinski definition) is 2. The number of nitrogens with zero attached hydrogens (tertiary/aromatic N) is 1. The Labute approximate surface area is 144 Å². The second kappa shape index (κ2) is 6.58. The lowest BCUT2D eigenvalue weighted by Crippen LogP contribution is -2.35. The van der Waals surface area contributed by atoms with Crippen LogP contribution in [0.15, 0.2) is 24.3 Å². The van der Waals surface area contributed by atoms with E-state index in [4.69, 9.17) is 0 Å². The molecule has 1 aromatic rings. The van der Waals surface area contributed by atoms with Crippen LogP contribution < -0.4 is 5.32 Å². The third-order valence-corrected chi connectivity index (χ3v) is 5.31. The van der Waals surface area contributed by atoms with E-state index >= 15 is 0 Å². The van der Waals surface area contributed by atoms with Crippen molar-refractivity contribution in [3.63, 3.8) is 0 Å². The first-order valence-corrected chi connectivity index (χ1v) is 9.05. The Morgan fingerprint density at radius 2 is 1.75 bits per heavy atom. The number of rotatable bonds is 3. The average molecular weight is 328 g/mol. The zero-order chi connectivity index (χ0) is 17.3. The van der Waals surface area contributed by atoms with Crippen molar-refractivity contribution in [2.75, 3.05) is 11.9 Å². The molecular formula is C20H28N2O2. The van der Waals surface area contributed by atoms with E-state index in [0.717, 1.165) is 18.5 Å². The van der Waals surface area contributed by atoms with Gasteiger partial charge in [0.15, 0.2) is 0 Å². The van der Waals surface area contributed by atoms with Crippen molar-refractivity contribution in [2.45, 2.75) is 64.3 Å². The lowest BCUT2D eigenvalue weighted by molar-refractivity contribution is -0.129. The molecule has 0 radical (unpaired) electrons. The molecule has 4 heteroatoms. The van der Waals surface area contributed by atoms with E-state index in [2.05, 4.69) is 38.2 Å². The van der Waals surface area contributed by atoms with E-state index in [1.54, 1.807) is 0 Å². The highest BCUT2D eigenvalue weighted by atomic mass is 16.2. The van der Waals surface area contributed by atoms with Gasteiger partial charge in [0.1, 0.15) is 0 Å². The Balaban J connectivity index is 1.60. The summed E-state index contributed by atoms with van der Waals surface area (Å²) in [6, 6.07) is 8.37. The molecule has 1 aromatic carbocycles. The van der Waals surface area contributed by atoms with Gasteiger partial charge in [-0.2, -0.15) is 0 Å². The summed E-state index contributed by atoms with van der Waals surface area (Å²) in [7, 11) is 0. The molecule has 1 N–H and O–H groups in total. The lowest BCUT2D eigenvalue weighted by atomic mass is 9.87. The summed E-state index contributed by atoms with van der Waals surface area (Å²) >= 11 is 0. The fourth-order valence-electron chi connectivity index (χ4n) is 3.77. The molecule has 130 valence electrons. The highest BCUT2D eigenvalue weighted by molar-refractivity contribution is 5.97. The fraction of sp³-hybridized carbons (Fsp3) is 0.600. The molecule has 1 saturated heterocycles. The summed E-state index contributed by atoms with van der Waals surface area (Å²) in [4.78, 5) is 26.7. The highest BCUT2D eigenvalue weighted by Gasteiger charge is 2.38. The number of anilines is 1. The smallest absolute Gasteiger partial charge is 0.229 e. The van der Waals surface area contributed by atoms with Gasteiger partial charge in [-0.15, -0.1) is 0 Å². The molecule has 2 amide bonds. The molecule has 1 heterocycles. The van der Waals surface area contributed by atoms with Gasteiger partial charge < -0.3 is 10.2 Å². The number of amides is 2. The van der Waals surface area contributed by atoms with Crippen molar-refractivity contribution < 1.29 is 9.59 Å². The monoisotopic (exact) mass is 328 g/mol. The molecule has 1 atom stereocenters. The third kappa shape index (κ3) is 3.63. The Bertz CT molecular complexity index is 610. The van der Waals surface area contributed by atoms with E-state index < -0.39 is 0 Å². The number of hydrogen-bond donors (Lipinski definition) is 1. The normalized spacial score (nSPS) is 22.2. The molecule has 0 spiro atoms. The molecular weight excluding hydrogens is 300 g/mol. The summed E-state index contributed by atoms with van der Waals surface area (Å²) in [6.45, 7) is 7.09. The zero-order valence-electron chi connectivity index (χ0n) is 15.0. The number of nitrogens with one attached hydrogen (secondary N) is 1. The van der Waals surface area contributed by atoms with Crippen molar-refractivity contribution in [3.8, 4) is 0 Å². The van der Waals surface area contributed by atoms with Crippen molar-refractivity contribution in [2.24, 2.45) is 5.92 Å². The largest absolute Gasteiger partial charge is 0.339 e. The van der Waals surface area contributed by atoms with Gasteiger partial charge in [-0.1, -0.05) is 45.7 Å². The maximum absolute atomic E-state index is 12.5. The number of carbonyl (C=O) groups is 2.